The summed E-state index contributed by atoms with van der Waals surface area (Å²) in [5.74, 6) is -0.0575. The Morgan fingerprint density at radius 3 is 2.14 bits per heavy atom. The van der Waals surface area contributed by atoms with Crippen molar-refractivity contribution in [3.63, 3.8) is 0 Å². The molecule has 1 heterocycles. The summed E-state index contributed by atoms with van der Waals surface area (Å²) in [6, 6.07) is 23.3. The zero-order valence-corrected chi connectivity index (χ0v) is 12.2. The lowest BCUT2D eigenvalue weighted by atomic mass is 10.0. The molecule has 1 N–H and O–H groups in total. The van der Waals surface area contributed by atoms with Crippen LogP contribution in [0.25, 0.3) is 0 Å². The molecule has 3 rings (SSSR count). The Labute approximate surface area is 128 Å². The van der Waals surface area contributed by atoms with E-state index in [1.165, 1.54) is 0 Å². The lowest BCUT2D eigenvalue weighted by molar-refractivity contribution is 0.0943. The van der Waals surface area contributed by atoms with E-state index in [0.717, 1.165) is 10.4 Å². The predicted octanol–water partition coefficient (Wildman–Crippen LogP) is 4.27. The molecule has 0 saturated heterocycles. The highest BCUT2D eigenvalue weighted by Crippen LogP contribution is 2.26. The Morgan fingerprint density at radius 2 is 1.52 bits per heavy atom. The van der Waals surface area contributed by atoms with E-state index in [-0.39, 0.29) is 11.9 Å². The van der Waals surface area contributed by atoms with Gasteiger partial charge in [0.1, 0.15) is 0 Å². The van der Waals surface area contributed by atoms with E-state index in [2.05, 4.69) is 5.32 Å². The molecular weight excluding hydrogens is 278 g/mol. The normalized spacial score (nSPS) is 11.8. The highest BCUT2D eigenvalue weighted by Gasteiger charge is 2.18. The molecule has 0 radical (unpaired) electrons. The molecule has 0 saturated carbocycles. The van der Waals surface area contributed by atoms with Crippen LogP contribution in [0.15, 0.2) is 78.2 Å². The Balaban J connectivity index is 1.89. The summed E-state index contributed by atoms with van der Waals surface area (Å²) in [6.07, 6.45) is 0. The van der Waals surface area contributed by atoms with Crippen LogP contribution < -0.4 is 5.32 Å². The van der Waals surface area contributed by atoms with Gasteiger partial charge in [0.25, 0.3) is 5.91 Å². The lowest BCUT2D eigenvalue weighted by Gasteiger charge is -2.18. The monoisotopic (exact) mass is 293 g/mol. The van der Waals surface area contributed by atoms with Crippen LogP contribution >= 0.6 is 11.3 Å². The number of benzene rings is 2. The van der Waals surface area contributed by atoms with Crippen LogP contribution in [0.3, 0.4) is 0 Å². The van der Waals surface area contributed by atoms with E-state index in [0.29, 0.717) is 5.56 Å². The Hall–Kier alpha value is -2.39. The van der Waals surface area contributed by atoms with Crippen molar-refractivity contribution in [1.29, 1.82) is 0 Å². The molecule has 0 aliphatic heterocycles. The second kappa shape index (κ2) is 6.37. The molecule has 0 spiro atoms. The zero-order valence-electron chi connectivity index (χ0n) is 11.4. The molecule has 1 atom stereocenters. The lowest BCUT2D eigenvalue weighted by Crippen LogP contribution is -2.28. The Bertz CT molecular complexity index is 693. The average Bonchev–Trinajstić information content (AvgIpc) is 3.08. The van der Waals surface area contributed by atoms with Crippen molar-refractivity contribution in [2.45, 2.75) is 6.04 Å². The van der Waals surface area contributed by atoms with Gasteiger partial charge in [-0.05, 0) is 29.1 Å². The highest BCUT2D eigenvalue weighted by molar-refractivity contribution is 7.10. The summed E-state index contributed by atoms with van der Waals surface area (Å²) in [6.45, 7) is 0. The van der Waals surface area contributed by atoms with Gasteiger partial charge in [-0.15, -0.1) is 11.3 Å². The van der Waals surface area contributed by atoms with Crippen molar-refractivity contribution in [2.24, 2.45) is 0 Å². The number of amides is 1. The number of thiophene rings is 1. The first-order valence-electron chi connectivity index (χ1n) is 6.79. The summed E-state index contributed by atoms with van der Waals surface area (Å²) in [7, 11) is 0. The number of carbonyl (C=O) groups is 1. The summed E-state index contributed by atoms with van der Waals surface area (Å²) in [5.41, 5.74) is 1.76. The number of carbonyl (C=O) groups excluding carboxylic acids is 1. The third-order valence-corrected chi connectivity index (χ3v) is 4.21. The first kappa shape index (κ1) is 13.6. The molecule has 1 amide bonds. The van der Waals surface area contributed by atoms with E-state index in [1.54, 1.807) is 11.3 Å². The largest absolute Gasteiger partial charge is 0.340 e. The van der Waals surface area contributed by atoms with Crippen LogP contribution in [0.5, 0.6) is 0 Å². The van der Waals surface area contributed by atoms with Crippen LogP contribution in [0.1, 0.15) is 26.8 Å². The molecule has 21 heavy (non-hydrogen) atoms. The van der Waals surface area contributed by atoms with Crippen molar-refractivity contribution in [1.82, 2.24) is 5.32 Å². The molecule has 0 aliphatic rings. The molecule has 0 aliphatic carbocycles. The standard InChI is InChI=1S/C18H15NOS/c20-18(15-10-5-2-6-11-15)19-17(16-12-7-13-21-16)14-8-3-1-4-9-14/h1-13,17H,(H,19,20). The van der Waals surface area contributed by atoms with Crippen molar-refractivity contribution in [2.75, 3.05) is 0 Å². The van der Waals surface area contributed by atoms with Crippen molar-refractivity contribution >= 4 is 17.2 Å². The second-order valence-electron chi connectivity index (χ2n) is 4.70. The summed E-state index contributed by atoms with van der Waals surface area (Å²) in [5, 5.41) is 5.15. The average molecular weight is 293 g/mol. The van der Waals surface area contributed by atoms with E-state index in [4.69, 9.17) is 0 Å². The Kier molecular flexibility index (Phi) is 4.12. The van der Waals surface area contributed by atoms with E-state index in [9.17, 15) is 4.79 Å². The maximum Gasteiger partial charge on any atom is 0.252 e. The van der Waals surface area contributed by atoms with Gasteiger partial charge in [-0.2, -0.15) is 0 Å². The fraction of sp³-hybridized carbons (Fsp3) is 0.0556. The molecule has 3 aromatic rings. The van der Waals surface area contributed by atoms with Crippen molar-refractivity contribution in [3.05, 3.63) is 94.2 Å². The molecule has 2 nitrogen and oxygen atoms in total. The third kappa shape index (κ3) is 3.20. The molecule has 104 valence electrons. The predicted molar refractivity (Wildman–Crippen MR) is 86.5 cm³/mol. The molecular formula is C18H15NOS. The van der Waals surface area contributed by atoms with Gasteiger partial charge in [-0.3, -0.25) is 4.79 Å². The van der Waals surface area contributed by atoms with Gasteiger partial charge in [-0.1, -0.05) is 54.6 Å². The first-order valence-corrected chi connectivity index (χ1v) is 7.67. The SMILES string of the molecule is O=C(NC(c1ccccc1)c1cccs1)c1ccccc1. The maximum atomic E-state index is 12.4. The Morgan fingerprint density at radius 1 is 0.857 bits per heavy atom. The van der Waals surface area contributed by atoms with E-state index in [1.807, 2.05) is 78.2 Å². The molecule has 0 bridgehead atoms. The van der Waals surface area contributed by atoms with E-state index < -0.39 is 0 Å². The molecule has 3 heteroatoms. The van der Waals surface area contributed by atoms with Crippen molar-refractivity contribution in [3.8, 4) is 0 Å². The summed E-state index contributed by atoms with van der Waals surface area (Å²) >= 11 is 1.65. The minimum Gasteiger partial charge on any atom is -0.340 e. The van der Waals surface area contributed by atoms with Gasteiger partial charge in [0, 0.05) is 10.4 Å². The smallest absolute Gasteiger partial charge is 0.252 e. The second-order valence-corrected chi connectivity index (χ2v) is 5.68. The molecule has 1 aromatic heterocycles. The fourth-order valence-corrected chi connectivity index (χ4v) is 3.03. The van der Waals surface area contributed by atoms with Gasteiger partial charge in [0.15, 0.2) is 0 Å². The van der Waals surface area contributed by atoms with Gasteiger partial charge in [0.2, 0.25) is 0 Å². The van der Waals surface area contributed by atoms with Crippen LogP contribution in [-0.4, -0.2) is 5.91 Å². The number of hydrogen-bond donors (Lipinski definition) is 1. The fourth-order valence-electron chi connectivity index (χ4n) is 2.22. The van der Waals surface area contributed by atoms with Crippen LogP contribution in [0.2, 0.25) is 0 Å². The quantitative estimate of drug-likeness (QED) is 0.765. The van der Waals surface area contributed by atoms with Crippen molar-refractivity contribution < 1.29 is 4.79 Å². The third-order valence-electron chi connectivity index (χ3n) is 3.27. The molecule has 2 aromatic carbocycles. The molecule has 1 unspecified atom stereocenters. The summed E-state index contributed by atoms with van der Waals surface area (Å²) in [4.78, 5) is 13.5. The van der Waals surface area contributed by atoms with Crippen LogP contribution in [-0.2, 0) is 0 Å². The number of rotatable bonds is 4. The van der Waals surface area contributed by atoms with Crippen LogP contribution in [0.4, 0.5) is 0 Å². The minimum atomic E-state index is -0.112. The van der Waals surface area contributed by atoms with Gasteiger partial charge >= 0.3 is 0 Å². The van der Waals surface area contributed by atoms with Gasteiger partial charge in [-0.25, -0.2) is 0 Å². The minimum absolute atomic E-state index is 0.0575. The number of hydrogen-bond acceptors (Lipinski definition) is 2. The van der Waals surface area contributed by atoms with E-state index >= 15 is 0 Å². The van der Waals surface area contributed by atoms with Gasteiger partial charge < -0.3 is 5.32 Å². The maximum absolute atomic E-state index is 12.4. The zero-order chi connectivity index (χ0) is 14.5. The summed E-state index contributed by atoms with van der Waals surface area (Å²) < 4.78 is 0. The molecule has 0 fully saturated rings. The van der Waals surface area contributed by atoms with Gasteiger partial charge in [0.05, 0.1) is 6.04 Å². The highest BCUT2D eigenvalue weighted by atomic mass is 32.1. The first-order chi connectivity index (χ1) is 10.3. The van der Waals surface area contributed by atoms with Crippen LogP contribution in [0, 0.1) is 0 Å². The number of nitrogens with one attached hydrogen (secondary N) is 1. The topological polar surface area (TPSA) is 29.1 Å².